The predicted molar refractivity (Wildman–Crippen MR) is 125 cm³/mol. The number of aromatic nitrogens is 1. The quantitative estimate of drug-likeness (QED) is 0.469. The molecule has 0 fully saturated rings. The second kappa shape index (κ2) is 10.3. The molecule has 0 saturated heterocycles. The number of anilines is 1. The molecule has 1 amide bonds. The Hall–Kier alpha value is -1.60. The molecule has 1 aromatic heterocycles. The van der Waals surface area contributed by atoms with E-state index in [0.717, 1.165) is 44.3 Å². The summed E-state index contributed by atoms with van der Waals surface area (Å²) in [5, 5.41) is 0.777. The van der Waals surface area contributed by atoms with Gasteiger partial charge in [-0.1, -0.05) is 35.6 Å². The Balaban J connectivity index is 0.00000280. The summed E-state index contributed by atoms with van der Waals surface area (Å²) in [4.78, 5) is 23.2. The van der Waals surface area contributed by atoms with Crippen LogP contribution >= 0.6 is 35.5 Å². The van der Waals surface area contributed by atoms with Crippen LogP contribution in [0, 0.1) is 6.92 Å². The zero-order valence-corrected chi connectivity index (χ0v) is 19.1. The Morgan fingerprint density at radius 2 is 1.86 bits per heavy atom. The zero-order chi connectivity index (χ0) is 19.4. The van der Waals surface area contributed by atoms with Crippen molar-refractivity contribution < 1.29 is 4.79 Å². The Morgan fingerprint density at radius 1 is 1.11 bits per heavy atom. The lowest BCUT2D eigenvalue weighted by atomic mass is 10.2. The van der Waals surface area contributed by atoms with Gasteiger partial charge >= 0.3 is 0 Å². The van der Waals surface area contributed by atoms with Gasteiger partial charge in [-0.25, -0.2) is 4.98 Å². The molecule has 0 N–H and O–H groups in total. The van der Waals surface area contributed by atoms with Gasteiger partial charge in [0, 0.05) is 11.4 Å². The molecule has 2 aromatic carbocycles. The Kier molecular flexibility index (Phi) is 8.31. The summed E-state index contributed by atoms with van der Waals surface area (Å²) in [7, 11) is 4.10. The van der Waals surface area contributed by atoms with Crippen LogP contribution < -0.4 is 4.90 Å². The van der Waals surface area contributed by atoms with E-state index in [-0.39, 0.29) is 18.3 Å². The van der Waals surface area contributed by atoms with Crippen LogP contribution in [0.15, 0.2) is 47.4 Å². The molecule has 1 heterocycles. The van der Waals surface area contributed by atoms with Crippen LogP contribution in [0.3, 0.4) is 0 Å². The number of fused-ring (bicyclic) bond motifs is 1. The monoisotopic (exact) mass is 435 g/mol. The summed E-state index contributed by atoms with van der Waals surface area (Å²) in [5.41, 5.74) is 2.87. The molecular weight excluding hydrogens is 410 g/mol. The fraction of sp³-hybridized carbons (Fsp3) is 0.333. The highest BCUT2D eigenvalue weighted by Crippen LogP contribution is 2.32. The second-order valence-corrected chi connectivity index (χ2v) is 8.59. The fourth-order valence-electron chi connectivity index (χ4n) is 2.99. The predicted octanol–water partition coefficient (Wildman–Crippen LogP) is 5.35. The van der Waals surface area contributed by atoms with E-state index in [0.29, 0.717) is 6.54 Å². The molecule has 0 aliphatic rings. The summed E-state index contributed by atoms with van der Waals surface area (Å²) < 4.78 is 1.12. The summed E-state index contributed by atoms with van der Waals surface area (Å²) in [6.45, 7) is 3.64. The van der Waals surface area contributed by atoms with Crippen molar-refractivity contribution in [1.29, 1.82) is 0 Å². The van der Waals surface area contributed by atoms with Crippen molar-refractivity contribution in [2.24, 2.45) is 0 Å². The van der Waals surface area contributed by atoms with Crippen LogP contribution in [0.2, 0.25) is 0 Å². The maximum absolute atomic E-state index is 13.4. The van der Waals surface area contributed by atoms with Gasteiger partial charge in [-0.2, -0.15) is 0 Å². The van der Waals surface area contributed by atoms with Crippen LogP contribution in [-0.4, -0.2) is 49.2 Å². The lowest BCUT2D eigenvalue weighted by Crippen LogP contribution is -2.33. The Bertz CT molecular complexity index is 942. The average molecular weight is 436 g/mol. The van der Waals surface area contributed by atoms with E-state index in [4.69, 9.17) is 4.98 Å². The Labute approximate surface area is 181 Å². The molecule has 0 aliphatic carbocycles. The number of nitrogens with zero attached hydrogens (tertiary/aromatic N) is 3. The van der Waals surface area contributed by atoms with E-state index in [1.807, 2.05) is 41.5 Å². The van der Waals surface area contributed by atoms with Crippen LogP contribution in [-0.2, 0) is 0 Å². The normalized spacial score (nSPS) is 10.9. The molecular formula is C21H26ClN3OS2. The van der Waals surface area contributed by atoms with Crippen LogP contribution in [0.1, 0.15) is 22.3 Å². The van der Waals surface area contributed by atoms with Gasteiger partial charge in [0.25, 0.3) is 5.91 Å². The van der Waals surface area contributed by atoms with Crippen molar-refractivity contribution in [3.8, 4) is 0 Å². The van der Waals surface area contributed by atoms with Gasteiger partial charge in [-0.3, -0.25) is 9.69 Å². The SMILES string of the molecule is CSc1ccccc1C(=O)N(CCCN(C)C)c1nc2c(C)cccc2s1.Cl. The number of thiazole rings is 1. The van der Waals surface area contributed by atoms with Crippen LogP contribution in [0.4, 0.5) is 5.13 Å². The molecule has 4 nitrogen and oxygen atoms in total. The first-order valence-electron chi connectivity index (χ1n) is 8.97. The average Bonchev–Trinajstić information content (AvgIpc) is 3.10. The van der Waals surface area contributed by atoms with E-state index in [1.54, 1.807) is 23.1 Å². The summed E-state index contributed by atoms with van der Waals surface area (Å²) in [6, 6.07) is 14.0. The highest BCUT2D eigenvalue weighted by molar-refractivity contribution is 7.98. The molecule has 0 spiro atoms. The number of rotatable bonds is 7. The Morgan fingerprint density at radius 3 is 2.54 bits per heavy atom. The van der Waals surface area contributed by atoms with Crippen LogP contribution in [0.5, 0.6) is 0 Å². The minimum atomic E-state index is 0. The summed E-state index contributed by atoms with van der Waals surface area (Å²) in [5.74, 6) is 0.0235. The molecule has 0 unspecified atom stereocenters. The number of para-hydroxylation sites is 1. The molecule has 7 heteroatoms. The first kappa shape index (κ1) is 22.7. The molecule has 0 atom stereocenters. The number of hydrogen-bond acceptors (Lipinski definition) is 5. The van der Waals surface area contributed by atoms with Gasteiger partial charge in [0.2, 0.25) is 0 Å². The number of benzene rings is 2. The molecule has 150 valence electrons. The molecule has 3 aromatic rings. The topological polar surface area (TPSA) is 36.4 Å². The highest BCUT2D eigenvalue weighted by atomic mass is 35.5. The third-order valence-electron chi connectivity index (χ3n) is 4.41. The first-order valence-corrected chi connectivity index (χ1v) is 11.0. The zero-order valence-electron chi connectivity index (χ0n) is 16.6. The lowest BCUT2D eigenvalue weighted by Gasteiger charge is -2.22. The summed E-state index contributed by atoms with van der Waals surface area (Å²) >= 11 is 3.19. The lowest BCUT2D eigenvalue weighted by molar-refractivity contribution is 0.0983. The van der Waals surface area contributed by atoms with Gasteiger partial charge in [-0.05, 0) is 64.0 Å². The minimum absolute atomic E-state index is 0. The molecule has 28 heavy (non-hydrogen) atoms. The maximum atomic E-state index is 13.4. The van der Waals surface area contributed by atoms with Gasteiger partial charge in [-0.15, -0.1) is 24.2 Å². The molecule has 3 rings (SSSR count). The smallest absolute Gasteiger partial charge is 0.261 e. The van der Waals surface area contributed by atoms with Gasteiger partial charge in [0.05, 0.1) is 15.8 Å². The van der Waals surface area contributed by atoms with Crippen molar-refractivity contribution in [2.45, 2.75) is 18.2 Å². The van der Waals surface area contributed by atoms with Crippen molar-refractivity contribution in [1.82, 2.24) is 9.88 Å². The van der Waals surface area contributed by atoms with Gasteiger partial charge in [0.15, 0.2) is 5.13 Å². The number of halogens is 1. The molecule has 0 aliphatic heterocycles. The largest absolute Gasteiger partial charge is 0.309 e. The third kappa shape index (κ3) is 5.06. The number of hydrogen-bond donors (Lipinski definition) is 0. The van der Waals surface area contributed by atoms with E-state index in [9.17, 15) is 4.79 Å². The first-order chi connectivity index (χ1) is 13.0. The summed E-state index contributed by atoms with van der Waals surface area (Å²) in [6.07, 6.45) is 2.90. The van der Waals surface area contributed by atoms with E-state index < -0.39 is 0 Å². The van der Waals surface area contributed by atoms with E-state index >= 15 is 0 Å². The van der Waals surface area contributed by atoms with Crippen molar-refractivity contribution >= 4 is 56.8 Å². The van der Waals surface area contributed by atoms with E-state index in [1.165, 1.54) is 0 Å². The number of carbonyl (C=O) groups excluding carboxylic acids is 1. The van der Waals surface area contributed by atoms with Crippen molar-refractivity contribution in [3.05, 3.63) is 53.6 Å². The molecule has 0 bridgehead atoms. The minimum Gasteiger partial charge on any atom is -0.309 e. The van der Waals surface area contributed by atoms with Crippen LogP contribution in [0.25, 0.3) is 10.2 Å². The fourth-order valence-corrected chi connectivity index (χ4v) is 4.64. The standard InChI is InChI=1S/C21H25N3OS2.ClH/c1-15-9-7-12-18-19(15)22-21(27-18)24(14-8-13-23(2)3)20(25)16-10-5-6-11-17(16)26-4;/h5-7,9-12H,8,13-14H2,1-4H3;1H. The van der Waals surface area contributed by atoms with Gasteiger partial charge in [0.1, 0.15) is 0 Å². The third-order valence-corrected chi connectivity index (χ3v) is 6.25. The van der Waals surface area contributed by atoms with Crippen molar-refractivity contribution in [2.75, 3.05) is 38.3 Å². The maximum Gasteiger partial charge on any atom is 0.261 e. The molecule has 0 radical (unpaired) electrons. The van der Waals surface area contributed by atoms with E-state index in [2.05, 4.69) is 38.1 Å². The number of amides is 1. The number of aryl methyl sites for hydroxylation is 1. The second-order valence-electron chi connectivity index (χ2n) is 6.73. The number of thioether (sulfide) groups is 1. The van der Waals surface area contributed by atoms with Crippen molar-refractivity contribution in [3.63, 3.8) is 0 Å². The number of carbonyl (C=O) groups is 1. The highest BCUT2D eigenvalue weighted by Gasteiger charge is 2.23. The van der Waals surface area contributed by atoms with Gasteiger partial charge < -0.3 is 4.90 Å². The molecule has 0 saturated carbocycles.